The first-order chi connectivity index (χ1) is 3.72. The lowest BCUT2D eigenvalue weighted by molar-refractivity contribution is -0.122. The molecular formula is C4H5ClINO. The molecule has 0 saturated carbocycles. The molecule has 0 aromatic carbocycles. The number of rotatable bonds is 0. The number of carbonyl (C=O) groups is 1. The Morgan fingerprint density at radius 1 is 1.88 bits per heavy atom. The van der Waals surface area contributed by atoms with E-state index in [-0.39, 0.29) is 11.3 Å². The molecule has 1 aliphatic heterocycles. The van der Waals surface area contributed by atoms with Crippen molar-refractivity contribution >= 4 is 40.4 Å². The normalized spacial score (nSPS) is 29.5. The van der Waals surface area contributed by atoms with E-state index < -0.39 is 0 Å². The Kier molecular flexibility index (Phi) is 1.97. The third kappa shape index (κ3) is 1.07. The van der Waals surface area contributed by atoms with Crippen molar-refractivity contribution in [2.75, 3.05) is 6.54 Å². The van der Waals surface area contributed by atoms with Crippen molar-refractivity contribution in [2.24, 2.45) is 0 Å². The van der Waals surface area contributed by atoms with E-state index in [0.717, 1.165) is 13.0 Å². The van der Waals surface area contributed by atoms with Gasteiger partial charge in [-0.05, 0) is 6.42 Å². The number of nitrogens with zero attached hydrogens (tertiary/aromatic N) is 1. The Labute approximate surface area is 66.7 Å². The highest BCUT2D eigenvalue weighted by molar-refractivity contribution is 14.1. The maximum Gasteiger partial charge on any atom is 0.249 e. The second-order valence-corrected chi connectivity index (χ2v) is 3.37. The molecule has 0 spiro atoms. The molecule has 1 aliphatic rings. The minimum atomic E-state index is -0.258. The van der Waals surface area contributed by atoms with E-state index in [0.29, 0.717) is 0 Å². The standard InChI is InChI=1S/C4H5ClINO/c5-3-1-2-7(6)4(3)8/h3H,1-2H2/t3-/m0/s1. The van der Waals surface area contributed by atoms with E-state index in [1.165, 1.54) is 0 Å². The Balaban J connectivity index is 2.57. The molecule has 0 unspecified atom stereocenters. The summed E-state index contributed by atoms with van der Waals surface area (Å²) in [6.07, 6.45) is 0.795. The van der Waals surface area contributed by atoms with Gasteiger partial charge in [0.25, 0.3) is 0 Å². The molecule has 46 valence electrons. The van der Waals surface area contributed by atoms with Gasteiger partial charge in [0.05, 0.1) is 22.9 Å². The summed E-state index contributed by atoms with van der Waals surface area (Å²) in [5.74, 6) is 0.0484. The average molecular weight is 245 g/mol. The topological polar surface area (TPSA) is 20.3 Å². The van der Waals surface area contributed by atoms with Crippen LogP contribution in [0.3, 0.4) is 0 Å². The number of carbonyl (C=O) groups excluding carboxylic acids is 1. The maximum atomic E-state index is 10.7. The van der Waals surface area contributed by atoms with Crippen molar-refractivity contribution in [3.05, 3.63) is 0 Å². The van der Waals surface area contributed by atoms with E-state index in [1.54, 1.807) is 3.11 Å². The van der Waals surface area contributed by atoms with Gasteiger partial charge in [-0.25, -0.2) is 0 Å². The van der Waals surface area contributed by atoms with Crippen LogP contribution in [0.5, 0.6) is 0 Å². The Bertz CT molecular complexity index is 107. The number of hydrogen-bond acceptors (Lipinski definition) is 1. The van der Waals surface area contributed by atoms with Gasteiger partial charge in [-0.1, -0.05) is 0 Å². The SMILES string of the molecule is O=C1[C@@H](Cl)CCN1I. The molecule has 1 fully saturated rings. The molecule has 0 bridgehead atoms. The minimum Gasteiger partial charge on any atom is -0.284 e. The molecule has 2 nitrogen and oxygen atoms in total. The van der Waals surface area contributed by atoms with Crippen LogP contribution >= 0.6 is 34.5 Å². The highest BCUT2D eigenvalue weighted by Gasteiger charge is 2.27. The zero-order valence-corrected chi connectivity index (χ0v) is 7.02. The second kappa shape index (κ2) is 2.39. The highest BCUT2D eigenvalue weighted by Crippen LogP contribution is 2.19. The summed E-state index contributed by atoms with van der Waals surface area (Å²) < 4.78 is 1.62. The number of hydrogen-bond donors (Lipinski definition) is 0. The quantitative estimate of drug-likeness (QED) is 0.356. The van der Waals surface area contributed by atoms with Crippen molar-refractivity contribution in [3.8, 4) is 0 Å². The fraction of sp³-hybridized carbons (Fsp3) is 0.750. The van der Waals surface area contributed by atoms with Crippen LogP contribution in [0.2, 0.25) is 0 Å². The molecule has 1 heterocycles. The molecule has 8 heavy (non-hydrogen) atoms. The lowest BCUT2D eigenvalue weighted by Crippen LogP contribution is -2.16. The summed E-state index contributed by atoms with van der Waals surface area (Å²) in [5.41, 5.74) is 0. The summed E-state index contributed by atoms with van der Waals surface area (Å²) in [5, 5.41) is -0.258. The fourth-order valence-corrected chi connectivity index (χ4v) is 1.61. The number of amides is 1. The molecule has 0 aromatic rings. The summed E-state index contributed by atoms with van der Waals surface area (Å²) in [6.45, 7) is 0.799. The van der Waals surface area contributed by atoms with Gasteiger partial charge in [0.15, 0.2) is 0 Å². The third-order valence-corrected chi connectivity index (χ3v) is 2.45. The van der Waals surface area contributed by atoms with Crippen LogP contribution in [0, 0.1) is 0 Å². The van der Waals surface area contributed by atoms with Crippen molar-refractivity contribution in [1.29, 1.82) is 0 Å². The monoisotopic (exact) mass is 245 g/mol. The molecular weight excluding hydrogens is 240 g/mol. The van der Waals surface area contributed by atoms with Crippen molar-refractivity contribution in [2.45, 2.75) is 11.8 Å². The number of alkyl halides is 1. The first-order valence-electron chi connectivity index (χ1n) is 2.33. The summed E-state index contributed by atoms with van der Waals surface area (Å²) in [6, 6.07) is 0. The first kappa shape index (κ1) is 6.61. The fourth-order valence-electron chi connectivity index (χ4n) is 0.612. The van der Waals surface area contributed by atoms with Gasteiger partial charge in [0.1, 0.15) is 5.38 Å². The minimum absolute atomic E-state index is 0.0484. The lowest BCUT2D eigenvalue weighted by atomic mass is 10.4. The Morgan fingerprint density at radius 3 is 2.62 bits per heavy atom. The molecule has 1 atom stereocenters. The molecule has 1 amide bonds. The van der Waals surface area contributed by atoms with E-state index >= 15 is 0 Å². The van der Waals surface area contributed by atoms with E-state index in [2.05, 4.69) is 0 Å². The van der Waals surface area contributed by atoms with Gasteiger partial charge in [-0.2, -0.15) is 0 Å². The second-order valence-electron chi connectivity index (χ2n) is 1.68. The Morgan fingerprint density at radius 2 is 2.50 bits per heavy atom. The summed E-state index contributed by atoms with van der Waals surface area (Å²) >= 11 is 7.53. The molecule has 0 radical (unpaired) electrons. The third-order valence-electron chi connectivity index (χ3n) is 1.09. The van der Waals surface area contributed by atoms with Gasteiger partial charge in [0, 0.05) is 6.54 Å². The molecule has 0 aliphatic carbocycles. The van der Waals surface area contributed by atoms with Gasteiger partial charge < -0.3 is 0 Å². The van der Waals surface area contributed by atoms with Crippen LogP contribution in [0.25, 0.3) is 0 Å². The number of halogens is 2. The summed E-state index contributed by atoms with van der Waals surface area (Å²) in [7, 11) is 0. The molecule has 1 saturated heterocycles. The van der Waals surface area contributed by atoms with Gasteiger partial charge >= 0.3 is 0 Å². The molecule has 0 N–H and O–H groups in total. The van der Waals surface area contributed by atoms with E-state index in [1.807, 2.05) is 22.9 Å². The smallest absolute Gasteiger partial charge is 0.249 e. The van der Waals surface area contributed by atoms with Crippen LogP contribution in [0.15, 0.2) is 0 Å². The highest BCUT2D eigenvalue weighted by atomic mass is 127. The van der Waals surface area contributed by atoms with E-state index in [4.69, 9.17) is 11.6 Å². The predicted octanol–water partition coefficient (Wildman–Crippen LogP) is 1.18. The van der Waals surface area contributed by atoms with Crippen LogP contribution in [0.1, 0.15) is 6.42 Å². The molecule has 1 rings (SSSR count). The average Bonchev–Trinajstić information content (AvgIpc) is 1.98. The maximum absolute atomic E-state index is 10.7. The van der Waals surface area contributed by atoms with Crippen LogP contribution in [-0.2, 0) is 4.79 Å². The lowest BCUT2D eigenvalue weighted by Gasteiger charge is -2.00. The molecule has 0 aromatic heterocycles. The van der Waals surface area contributed by atoms with E-state index in [9.17, 15) is 4.79 Å². The predicted molar refractivity (Wildman–Crippen MR) is 40.0 cm³/mol. The van der Waals surface area contributed by atoms with Crippen molar-refractivity contribution < 1.29 is 4.79 Å². The van der Waals surface area contributed by atoms with Crippen molar-refractivity contribution in [3.63, 3.8) is 0 Å². The van der Waals surface area contributed by atoms with Gasteiger partial charge in [-0.15, -0.1) is 11.6 Å². The van der Waals surface area contributed by atoms with Gasteiger partial charge in [0.2, 0.25) is 5.91 Å². The zero-order chi connectivity index (χ0) is 6.15. The van der Waals surface area contributed by atoms with Gasteiger partial charge in [-0.3, -0.25) is 7.91 Å². The van der Waals surface area contributed by atoms with Crippen molar-refractivity contribution in [1.82, 2.24) is 3.11 Å². The van der Waals surface area contributed by atoms with Crippen LogP contribution < -0.4 is 0 Å². The zero-order valence-electron chi connectivity index (χ0n) is 4.10. The van der Waals surface area contributed by atoms with Crippen LogP contribution in [0.4, 0.5) is 0 Å². The Hall–Kier alpha value is 0.490. The summed E-state index contributed by atoms with van der Waals surface area (Å²) in [4.78, 5) is 10.7. The first-order valence-corrected chi connectivity index (χ1v) is 3.73. The molecule has 4 heteroatoms. The largest absolute Gasteiger partial charge is 0.284 e. The van der Waals surface area contributed by atoms with Crippen LogP contribution in [-0.4, -0.2) is 20.9 Å².